The van der Waals surface area contributed by atoms with Gasteiger partial charge in [0.05, 0.1) is 5.69 Å². The maximum atomic E-state index is 6.10. The molecule has 1 aliphatic rings. The molecule has 1 aromatic heterocycles. The van der Waals surface area contributed by atoms with Crippen LogP contribution in [0.4, 0.5) is 0 Å². The SMILES string of the molecule is CCNCCC1(Oc2ncn(-c3ccccc3)n2)CCC1. The molecule has 1 N–H and O–H groups in total. The quantitative estimate of drug-likeness (QED) is 0.795. The van der Waals surface area contributed by atoms with Gasteiger partial charge in [0.25, 0.3) is 0 Å². The fourth-order valence-electron chi connectivity index (χ4n) is 2.66. The van der Waals surface area contributed by atoms with Gasteiger partial charge in [-0.15, -0.1) is 5.10 Å². The second-order valence-electron chi connectivity index (χ2n) is 5.55. The molecular weight excluding hydrogens is 264 g/mol. The van der Waals surface area contributed by atoms with Crippen LogP contribution in [0.1, 0.15) is 32.6 Å². The normalized spacial score (nSPS) is 16.4. The molecule has 0 unspecified atom stereocenters. The topological polar surface area (TPSA) is 52.0 Å². The van der Waals surface area contributed by atoms with Crippen molar-refractivity contribution in [2.24, 2.45) is 0 Å². The largest absolute Gasteiger partial charge is 0.456 e. The van der Waals surface area contributed by atoms with Gasteiger partial charge in [-0.25, -0.2) is 4.68 Å². The first kappa shape index (κ1) is 14.1. The van der Waals surface area contributed by atoms with E-state index in [1.807, 2.05) is 30.3 Å². The van der Waals surface area contributed by atoms with Crippen molar-refractivity contribution < 1.29 is 4.74 Å². The molecule has 2 aromatic rings. The number of rotatable bonds is 7. The smallest absolute Gasteiger partial charge is 0.336 e. The van der Waals surface area contributed by atoms with E-state index in [1.165, 1.54) is 6.42 Å². The van der Waals surface area contributed by atoms with Crippen molar-refractivity contribution >= 4 is 0 Å². The summed E-state index contributed by atoms with van der Waals surface area (Å²) < 4.78 is 7.86. The van der Waals surface area contributed by atoms with Crippen LogP contribution in [0.25, 0.3) is 5.69 Å². The molecule has 0 bridgehead atoms. The van der Waals surface area contributed by atoms with Crippen LogP contribution in [-0.4, -0.2) is 33.5 Å². The maximum absolute atomic E-state index is 6.10. The van der Waals surface area contributed by atoms with Crippen molar-refractivity contribution in [3.8, 4) is 11.7 Å². The van der Waals surface area contributed by atoms with E-state index in [-0.39, 0.29) is 5.60 Å². The van der Waals surface area contributed by atoms with Gasteiger partial charge in [0.1, 0.15) is 11.9 Å². The minimum absolute atomic E-state index is 0.0644. The van der Waals surface area contributed by atoms with E-state index in [0.717, 1.165) is 38.0 Å². The molecule has 0 amide bonds. The molecule has 0 radical (unpaired) electrons. The highest BCUT2D eigenvalue weighted by Gasteiger charge is 2.39. The first-order valence-corrected chi connectivity index (χ1v) is 7.68. The third-order valence-corrected chi connectivity index (χ3v) is 4.07. The Labute approximate surface area is 125 Å². The van der Waals surface area contributed by atoms with Gasteiger partial charge in [-0.1, -0.05) is 25.1 Å². The van der Waals surface area contributed by atoms with Gasteiger partial charge in [0, 0.05) is 0 Å². The number of ether oxygens (including phenoxy) is 1. The molecular formula is C16H22N4O. The fourth-order valence-corrected chi connectivity index (χ4v) is 2.66. The number of nitrogens with zero attached hydrogens (tertiary/aromatic N) is 3. The summed E-state index contributed by atoms with van der Waals surface area (Å²) >= 11 is 0. The zero-order valence-electron chi connectivity index (χ0n) is 12.5. The van der Waals surface area contributed by atoms with Crippen LogP contribution in [0.2, 0.25) is 0 Å². The molecule has 0 saturated heterocycles. The molecule has 3 rings (SSSR count). The predicted octanol–water partition coefficient (Wildman–Crippen LogP) is 2.57. The maximum Gasteiger partial charge on any atom is 0.336 e. The van der Waals surface area contributed by atoms with Gasteiger partial charge < -0.3 is 10.1 Å². The number of hydrogen-bond acceptors (Lipinski definition) is 4. The Morgan fingerprint density at radius 3 is 2.76 bits per heavy atom. The van der Waals surface area contributed by atoms with E-state index in [0.29, 0.717) is 6.01 Å². The summed E-state index contributed by atoms with van der Waals surface area (Å²) in [4.78, 5) is 4.30. The summed E-state index contributed by atoms with van der Waals surface area (Å²) in [6.45, 7) is 4.10. The molecule has 0 aliphatic heterocycles. The summed E-state index contributed by atoms with van der Waals surface area (Å²) in [5.74, 6) is 0. The lowest BCUT2D eigenvalue weighted by Gasteiger charge is -2.40. The van der Waals surface area contributed by atoms with Crippen LogP contribution >= 0.6 is 0 Å². The average molecular weight is 286 g/mol. The number of benzene rings is 1. The first-order chi connectivity index (χ1) is 10.3. The molecule has 0 atom stereocenters. The van der Waals surface area contributed by atoms with Gasteiger partial charge in [0.2, 0.25) is 0 Å². The van der Waals surface area contributed by atoms with E-state index in [9.17, 15) is 0 Å². The van der Waals surface area contributed by atoms with E-state index in [2.05, 4.69) is 22.3 Å². The first-order valence-electron chi connectivity index (χ1n) is 7.68. The minimum atomic E-state index is -0.0644. The number of para-hydroxylation sites is 1. The van der Waals surface area contributed by atoms with Crippen molar-refractivity contribution in [2.45, 2.75) is 38.2 Å². The molecule has 21 heavy (non-hydrogen) atoms. The Balaban J connectivity index is 1.66. The van der Waals surface area contributed by atoms with Gasteiger partial charge in [-0.05, 0) is 50.9 Å². The Kier molecular flexibility index (Phi) is 4.20. The second-order valence-corrected chi connectivity index (χ2v) is 5.55. The third-order valence-electron chi connectivity index (χ3n) is 4.07. The summed E-state index contributed by atoms with van der Waals surface area (Å²) in [6, 6.07) is 10.4. The average Bonchev–Trinajstić information content (AvgIpc) is 2.94. The van der Waals surface area contributed by atoms with Crippen molar-refractivity contribution in [2.75, 3.05) is 13.1 Å². The summed E-state index contributed by atoms with van der Waals surface area (Å²) in [7, 11) is 0. The Morgan fingerprint density at radius 2 is 2.10 bits per heavy atom. The van der Waals surface area contributed by atoms with E-state index >= 15 is 0 Å². The summed E-state index contributed by atoms with van der Waals surface area (Å²) in [5.41, 5.74) is 0.931. The molecule has 1 fully saturated rings. The van der Waals surface area contributed by atoms with Crippen molar-refractivity contribution in [3.05, 3.63) is 36.7 Å². The summed E-state index contributed by atoms with van der Waals surface area (Å²) in [6.07, 6.45) is 6.14. The minimum Gasteiger partial charge on any atom is -0.456 e. The lowest BCUT2D eigenvalue weighted by molar-refractivity contribution is -0.0216. The Morgan fingerprint density at radius 1 is 1.29 bits per heavy atom. The second kappa shape index (κ2) is 6.26. The molecule has 1 heterocycles. The van der Waals surface area contributed by atoms with Gasteiger partial charge in [-0.3, -0.25) is 0 Å². The molecule has 112 valence electrons. The van der Waals surface area contributed by atoms with Crippen LogP contribution in [0, 0.1) is 0 Å². The van der Waals surface area contributed by atoms with E-state index < -0.39 is 0 Å². The van der Waals surface area contributed by atoms with Crippen molar-refractivity contribution in [3.63, 3.8) is 0 Å². The van der Waals surface area contributed by atoms with Gasteiger partial charge >= 0.3 is 6.01 Å². The van der Waals surface area contributed by atoms with Crippen LogP contribution in [0.3, 0.4) is 0 Å². The third kappa shape index (κ3) is 3.24. The highest BCUT2D eigenvalue weighted by Crippen LogP contribution is 2.38. The molecule has 1 aromatic carbocycles. The lowest BCUT2D eigenvalue weighted by Crippen LogP contribution is -2.45. The standard InChI is InChI=1S/C16H22N4O/c1-2-17-12-11-16(9-6-10-16)21-15-18-13-20(19-15)14-7-4-3-5-8-14/h3-5,7-8,13,17H,2,6,9-12H2,1H3. The van der Waals surface area contributed by atoms with Crippen LogP contribution in [0.15, 0.2) is 36.7 Å². The number of hydrogen-bond donors (Lipinski definition) is 1. The Bertz CT molecular complexity index is 563. The molecule has 1 saturated carbocycles. The Hall–Kier alpha value is -1.88. The molecule has 5 nitrogen and oxygen atoms in total. The molecule has 1 aliphatic carbocycles. The zero-order valence-corrected chi connectivity index (χ0v) is 12.5. The fraction of sp³-hybridized carbons (Fsp3) is 0.500. The van der Waals surface area contributed by atoms with E-state index in [4.69, 9.17) is 4.74 Å². The highest BCUT2D eigenvalue weighted by atomic mass is 16.5. The van der Waals surface area contributed by atoms with Crippen LogP contribution in [0.5, 0.6) is 6.01 Å². The van der Waals surface area contributed by atoms with Gasteiger partial charge in [-0.2, -0.15) is 4.98 Å². The lowest BCUT2D eigenvalue weighted by atomic mass is 9.77. The van der Waals surface area contributed by atoms with Crippen LogP contribution < -0.4 is 10.1 Å². The highest BCUT2D eigenvalue weighted by molar-refractivity contribution is 5.29. The van der Waals surface area contributed by atoms with Crippen molar-refractivity contribution in [1.82, 2.24) is 20.1 Å². The number of nitrogens with one attached hydrogen (secondary N) is 1. The predicted molar refractivity (Wildman–Crippen MR) is 81.7 cm³/mol. The van der Waals surface area contributed by atoms with E-state index in [1.54, 1.807) is 11.0 Å². The zero-order chi connectivity index (χ0) is 14.5. The van der Waals surface area contributed by atoms with Gasteiger partial charge in [0.15, 0.2) is 0 Å². The van der Waals surface area contributed by atoms with Crippen molar-refractivity contribution in [1.29, 1.82) is 0 Å². The molecule has 0 spiro atoms. The molecule has 5 heteroatoms. The summed E-state index contributed by atoms with van der Waals surface area (Å²) in [5, 5.41) is 7.80. The van der Waals surface area contributed by atoms with Crippen LogP contribution in [-0.2, 0) is 0 Å². The monoisotopic (exact) mass is 286 g/mol. The number of aromatic nitrogens is 3.